The summed E-state index contributed by atoms with van der Waals surface area (Å²) >= 11 is 0. The van der Waals surface area contributed by atoms with Gasteiger partial charge in [-0.1, -0.05) is 12.1 Å². The average molecular weight is 328 g/mol. The number of nitrogens with one attached hydrogen (secondary N) is 1. The van der Waals surface area contributed by atoms with Crippen molar-refractivity contribution in [3.63, 3.8) is 0 Å². The minimum atomic E-state index is -0.268. The molecule has 1 aliphatic heterocycles. The van der Waals surface area contributed by atoms with Crippen molar-refractivity contribution in [1.29, 1.82) is 0 Å². The molecule has 2 aromatic rings. The van der Waals surface area contributed by atoms with Crippen molar-refractivity contribution in [2.45, 2.75) is 13.0 Å². The number of ether oxygens (including phenoxy) is 2. The molecule has 6 heteroatoms. The molecule has 1 amide bonds. The summed E-state index contributed by atoms with van der Waals surface area (Å²) in [6, 6.07) is 10.8. The molecule has 126 valence electrons. The Hall–Kier alpha value is -2.60. The van der Waals surface area contributed by atoms with E-state index in [-0.39, 0.29) is 17.6 Å². The van der Waals surface area contributed by atoms with E-state index in [1.54, 1.807) is 25.0 Å². The van der Waals surface area contributed by atoms with Gasteiger partial charge in [-0.25, -0.2) is 0 Å². The largest absolute Gasteiger partial charge is 0.497 e. The second kappa shape index (κ2) is 6.88. The van der Waals surface area contributed by atoms with Crippen molar-refractivity contribution >= 4 is 5.91 Å². The molecule has 1 aliphatic rings. The van der Waals surface area contributed by atoms with E-state index in [1.807, 2.05) is 24.3 Å². The maximum absolute atomic E-state index is 12.7. The Bertz CT molecular complexity index is 800. The number of morpholine rings is 1. The molecular weight excluding hydrogens is 308 g/mol. The molecule has 6 nitrogen and oxygen atoms in total. The first kappa shape index (κ1) is 16.3. The summed E-state index contributed by atoms with van der Waals surface area (Å²) in [5.74, 6) is 0.564. The van der Waals surface area contributed by atoms with Gasteiger partial charge >= 0.3 is 0 Å². The molecule has 1 N–H and O–H groups in total. The van der Waals surface area contributed by atoms with Crippen LogP contribution < -0.4 is 10.3 Å². The standard InChI is InChI=1S/C18H20N2O4/c1-12-8-15(19-17(21)9-12)18(22)20-6-7-24-16(11-20)13-4-3-5-14(10-13)23-2/h3-5,8-10,16H,6-7,11H2,1-2H3,(H,19,21). The van der Waals surface area contributed by atoms with E-state index >= 15 is 0 Å². The van der Waals surface area contributed by atoms with E-state index in [1.165, 1.54) is 6.07 Å². The number of amides is 1. The summed E-state index contributed by atoms with van der Waals surface area (Å²) < 4.78 is 11.0. The molecule has 0 bridgehead atoms. The molecule has 0 radical (unpaired) electrons. The first-order chi connectivity index (χ1) is 11.6. The molecule has 0 spiro atoms. The Labute approximate surface area is 140 Å². The Morgan fingerprint density at radius 2 is 2.17 bits per heavy atom. The summed E-state index contributed by atoms with van der Waals surface area (Å²) in [4.78, 5) is 28.6. The highest BCUT2D eigenvalue weighted by molar-refractivity contribution is 5.92. The number of benzene rings is 1. The SMILES string of the molecule is COc1cccc(C2CN(C(=O)c3cc(C)cc(=O)[nH]3)CCO2)c1. The van der Waals surface area contributed by atoms with Crippen LogP contribution in [-0.2, 0) is 4.74 Å². The second-order valence-corrected chi connectivity index (χ2v) is 5.82. The van der Waals surface area contributed by atoms with Crippen LogP contribution in [-0.4, -0.2) is 42.6 Å². The molecule has 1 unspecified atom stereocenters. The Balaban J connectivity index is 1.79. The van der Waals surface area contributed by atoms with Crippen molar-refractivity contribution in [2.75, 3.05) is 26.8 Å². The lowest BCUT2D eigenvalue weighted by atomic mass is 10.1. The number of nitrogens with zero attached hydrogens (tertiary/aromatic N) is 1. The lowest BCUT2D eigenvalue weighted by Crippen LogP contribution is -2.43. The average Bonchev–Trinajstić information content (AvgIpc) is 2.60. The number of pyridine rings is 1. The second-order valence-electron chi connectivity index (χ2n) is 5.82. The topological polar surface area (TPSA) is 71.6 Å². The van der Waals surface area contributed by atoms with Gasteiger partial charge in [0, 0.05) is 12.6 Å². The van der Waals surface area contributed by atoms with Crippen molar-refractivity contribution in [3.8, 4) is 5.75 Å². The fourth-order valence-electron chi connectivity index (χ4n) is 2.84. The number of carbonyl (C=O) groups excluding carboxylic acids is 1. The molecule has 0 aliphatic carbocycles. The van der Waals surface area contributed by atoms with E-state index in [9.17, 15) is 9.59 Å². The van der Waals surface area contributed by atoms with Crippen LogP contribution in [0.1, 0.15) is 27.7 Å². The molecule has 1 saturated heterocycles. The smallest absolute Gasteiger partial charge is 0.270 e. The minimum absolute atomic E-state index is 0.188. The zero-order chi connectivity index (χ0) is 17.1. The molecule has 24 heavy (non-hydrogen) atoms. The summed E-state index contributed by atoms with van der Waals surface area (Å²) in [5.41, 5.74) is 1.77. The number of carbonyl (C=O) groups is 1. The van der Waals surface area contributed by atoms with E-state index in [2.05, 4.69) is 4.98 Å². The van der Waals surface area contributed by atoms with Crippen molar-refractivity contribution in [1.82, 2.24) is 9.88 Å². The molecular formula is C18H20N2O4. The summed E-state index contributed by atoms with van der Waals surface area (Å²) in [5, 5.41) is 0. The zero-order valence-corrected chi connectivity index (χ0v) is 13.7. The fraction of sp³-hybridized carbons (Fsp3) is 0.333. The van der Waals surface area contributed by atoms with Gasteiger partial charge in [-0.15, -0.1) is 0 Å². The number of aromatic amines is 1. The van der Waals surface area contributed by atoms with Gasteiger partial charge in [0.15, 0.2) is 0 Å². The third-order valence-electron chi connectivity index (χ3n) is 4.04. The van der Waals surface area contributed by atoms with Crippen molar-refractivity contribution < 1.29 is 14.3 Å². The van der Waals surface area contributed by atoms with Gasteiger partial charge in [0.25, 0.3) is 5.91 Å². The molecule has 0 saturated carbocycles. The lowest BCUT2D eigenvalue weighted by molar-refractivity contribution is -0.0230. The van der Waals surface area contributed by atoms with E-state index in [0.29, 0.717) is 25.4 Å². The number of H-pyrrole nitrogens is 1. The number of aromatic nitrogens is 1. The molecule has 1 atom stereocenters. The van der Waals surface area contributed by atoms with Crippen LogP contribution in [0.2, 0.25) is 0 Å². The summed E-state index contributed by atoms with van der Waals surface area (Å²) in [6.45, 7) is 3.17. The Morgan fingerprint density at radius 3 is 2.92 bits per heavy atom. The van der Waals surface area contributed by atoms with Gasteiger partial charge in [-0.05, 0) is 36.2 Å². The van der Waals surface area contributed by atoms with Gasteiger partial charge in [0.1, 0.15) is 17.5 Å². The fourth-order valence-corrected chi connectivity index (χ4v) is 2.84. The monoisotopic (exact) mass is 328 g/mol. The van der Waals surface area contributed by atoms with Gasteiger partial charge < -0.3 is 19.4 Å². The highest BCUT2D eigenvalue weighted by atomic mass is 16.5. The predicted octanol–water partition coefficient (Wildman–Crippen LogP) is 1.91. The zero-order valence-electron chi connectivity index (χ0n) is 13.7. The number of hydrogen-bond donors (Lipinski definition) is 1. The Morgan fingerprint density at radius 1 is 1.33 bits per heavy atom. The lowest BCUT2D eigenvalue weighted by Gasteiger charge is -2.33. The molecule has 1 fully saturated rings. The minimum Gasteiger partial charge on any atom is -0.497 e. The highest BCUT2D eigenvalue weighted by Crippen LogP contribution is 2.25. The first-order valence-corrected chi connectivity index (χ1v) is 7.82. The molecule has 1 aromatic heterocycles. The van der Waals surface area contributed by atoms with Crippen LogP contribution in [0.4, 0.5) is 0 Å². The summed E-state index contributed by atoms with van der Waals surface area (Å²) in [6.07, 6.45) is -0.214. The molecule has 3 rings (SSSR count). The highest BCUT2D eigenvalue weighted by Gasteiger charge is 2.27. The van der Waals surface area contributed by atoms with Crippen LogP contribution in [0.15, 0.2) is 41.2 Å². The number of hydrogen-bond acceptors (Lipinski definition) is 4. The summed E-state index contributed by atoms with van der Waals surface area (Å²) in [7, 11) is 1.62. The quantitative estimate of drug-likeness (QED) is 0.934. The maximum atomic E-state index is 12.7. The van der Waals surface area contributed by atoms with Crippen molar-refractivity contribution in [3.05, 3.63) is 63.6 Å². The maximum Gasteiger partial charge on any atom is 0.270 e. The molecule has 1 aromatic carbocycles. The van der Waals surface area contributed by atoms with Crippen molar-refractivity contribution in [2.24, 2.45) is 0 Å². The van der Waals surface area contributed by atoms with Gasteiger partial charge in [-0.3, -0.25) is 9.59 Å². The normalized spacial score (nSPS) is 17.6. The van der Waals surface area contributed by atoms with Crippen LogP contribution in [0.5, 0.6) is 5.75 Å². The van der Waals surface area contributed by atoms with Gasteiger partial charge in [-0.2, -0.15) is 0 Å². The van der Waals surface area contributed by atoms with Crippen LogP contribution in [0, 0.1) is 6.92 Å². The molecule has 2 heterocycles. The number of aryl methyl sites for hydroxylation is 1. The van der Waals surface area contributed by atoms with Crippen LogP contribution in [0.25, 0.3) is 0 Å². The van der Waals surface area contributed by atoms with E-state index < -0.39 is 0 Å². The van der Waals surface area contributed by atoms with E-state index in [4.69, 9.17) is 9.47 Å². The van der Waals surface area contributed by atoms with Gasteiger partial charge in [0.2, 0.25) is 5.56 Å². The van der Waals surface area contributed by atoms with Crippen LogP contribution in [0.3, 0.4) is 0 Å². The number of rotatable bonds is 3. The third kappa shape index (κ3) is 3.49. The van der Waals surface area contributed by atoms with Crippen LogP contribution >= 0.6 is 0 Å². The number of methoxy groups -OCH3 is 1. The third-order valence-corrected chi connectivity index (χ3v) is 4.04. The Kier molecular flexibility index (Phi) is 4.66. The van der Waals surface area contributed by atoms with E-state index in [0.717, 1.165) is 16.9 Å². The first-order valence-electron chi connectivity index (χ1n) is 7.82. The predicted molar refractivity (Wildman–Crippen MR) is 89.4 cm³/mol. The van der Waals surface area contributed by atoms with Gasteiger partial charge in [0.05, 0.1) is 20.3 Å².